The van der Waals surface area contributed by atoms with Gasteiger partial charge < -0.3 is 5.32 Å². The number of carbonyl (C=O) groups is 1. The van der Waals surface area contributed by atoms with E-state index in [0.717, 1.165) is 4.90 Å². The summed E-state index contributed by atoms with van der Waals surface area (Å²) in [6.45, 7) is 0. The molecule has 0 bridgehead atoms. The van der Waals surface area contributed by atoms with Gasteiger partial charge in [-0.2, -0.15) is 5.26 Å². The minimum atomic E-state index is -0.270. The molecule has 0 atom stereocenters. The van der Waals surface area contributed by atoms with E-state index >= 15 is 0 Å². The summed E-state index contributed by atoms with van der Waals surface area (Å²) in [4.78, 5) is 12.7. The second kappa shape index (κ2) is 7.08. The molecule has 0 saturated carbocycles. The third-order valence-corrected chi connectivity index (χ3v) is 4.29. The van der Waals surface area contributed by atoms with Crippen molar-refractivity contribution in [3.63, 3.8) is 0 Å². The first-order valence-electron chi connectivity index (χ1n) is 5.85. The Kier molecular flexibility index (Phi) is 5.16. The van der Waals surface area contributed by atoms with E-state index in [0.29, 0.717) is 22.7 Å². The number of benzene rings is 1. The third-order valence-electron chi connectivity index (χ3n) is 2.45. The van der Waals surface area contributed by atoms with Crippen molar-refractivity contribution < 1.29 is 9.18 Å². The fourth-order valence-corrected chi connectivity index (χ4v) is 3.08. The zero-order valence-corrected chi connectivity index (χ0v) is 12.1. The average molecular weight is 306 g/mol. The molecule has 0 spiro atoms. The monoisotopic (exact) mass is 306 g/mol. The molecule has 0 aliphatic carbocycles. The topological polar surface area (TPSA) is 52.9 Å². The number of thioether (sulfide) groups is 1. The van der Waals surface area contributed by atoms with Crippen LogP contribution in [0.4, 0.5) is 9.39 Å². The third kappa shape index (κ3) is 4.08. The molecule has 102 valence electrons. The number of hydrogen-bond acceptors (Lipinski definition) is 4. The van der Waals surface area contributed by atoms with Crippen LogP contribution in [-0.2, 0) is 4.79 Å². The Hall–Kier alpha value is -1.84. The van der Waals surface area contributed by atoms with Crippen molar-refractivity contribution in [3.8, 4) is 6.07 Å². The van der Waals surface area contributed by atoms with Gasteiger partial charge in [0.05, 0.1) is 5.56 Å². The van der Waals surface area contributed by atoms with Crippen LogP contribution in [0.25, 0.3) is 0 Å². The van der Waals surface area contributed by atoms with E-state index in [1.165, 1.54) is 35.2 Å². The van der Waals surface area contributed by atoms with Crippen LogP contribution in [-0.4, -0.2) is 11.7 Å². The van der Waals surface area contributed by atoms with E-state index in [1.807, 2.05) is 6.07 Å². The highest BCUT2D eigenvalue weighted by atomic mass is 32.2. The molecule has 1 amide bonds. The standard InChI is InChI=1S/C14H11FN2OS2/c15-11-1-3-12(4-2-11)19-8-6-13(18)17-14-10(9-16)5-7-20-14/h1-5,7H,6,8H2,(H,17,18). The molecule has 0 unspecified atom stereocenters. The van der Waals surface area contributed by atoms with Gasteiger partial charge >= 0.3 is 0 Å². The largest absolute Gasteiger partial charge is 0.317 e. The Balaban J connectivity index is 1.78. The first-order valence-corrected chi connectivity index (χ1v) is 7.71. The molecule has 20 heavy (non-hydrogen) atoms. The number of rotatable bonds is 5. The van der Waals surface area contributed by atoms with Gasteiger partial charge in [-0.15, -0.1) is 23.1 Å². The van der Waals surface area contributed by atoms with E-state index < -0.39 is 0 Å². The maximum Gasteiger partial charge on any atom is 0.225 e. The van der Waals surface area contributed by atoms with Crippen molar-refractivity contribution in [2.75, 3.05) is 11.1 Å². The summed E-state index contributed by atoms with van der Waals surface area (Å²) >= 11 is 2.82. The van der Waals surface area contributed by atoms with Crippen molar-refractivity contribution >= 4 is 34.0 Å². The number of nitrogens with one attached hydrogen (secondary N) is 1. The predicted molar refractivity (Wildman–Crippen MR) is 79.4 cm³/mol. The number of carbonyl (C=O) groups excluding carboxylic acids is 1. The smallest absolute Gasteiger partial charge is 0.225 e. The molecule has 0 aliphatic rings. The number of halogens is 1. The van der Waals surface area contributed by atoms with E-state index in [2.05, 4.69) is 5.32 Å². The van der Waals surface area contributed by atoms with Crippen LogP contribution in [0.1, 0.15) is 12.0 Å². The van der Waals surface area contributed by atoms with Gasteiger partial charge in [-0.05, 0) is 35.7 Å². The molecule has 6 heteroatoms. The molecular formula is C14H11FN2OS2. The Morgan fingerprint density at radius 3 is 2.80 bits per heavy atom. The van der Waals surface area contributed by atoms with Crippen LogP contribution < -0.4 is 5.32 Å². The first kappa shape index (κ1) is 14.6. The summed E-state index contributed by atoms with van der Waals surface area (Å²) in [5.74, 6) is 0.206. The molecule has 1 heterocycles. The number of hydrogen-bond donors (Lipinski definition) is 1. The van der Waals surface area contributed by atoms with Crippen LogP contribution in [0.2, 0.25) is 0 Å². The number of thiophene rings is 1. The average Bonchev–Trinajstić information content (AvgIpc) is 2.88. The summed E-state index contributed by atoms with van der Waals surface area (Å²) in [6, 6.07) is 9.86. The predicted octanol–water partition coefficient (Wildman–Crippen LogP) is 3.88. The highest BCUT2D eigenvalue weighted by Crippen LogP contribution is 2.23. The summed E-state index contributed by atoms with van der Waals surface area (Å²) in [5.41, 5.74) is 0.481. The lowest BCUT2D eigenvalue weighted by Gasteiger charge is -2.03. The van der Waals surface area contributed by atoms with E-state index in [-0.39, 0.29) is 11.7 Å². The molecule has 2 rings (SSSR count). The second-order valence-corrected chi connectivity index (χ2v) is 5.96. The number of anilines is 1. The number of nitrogens with zero attached hydrogens (tertiary/aromatic N) is 1. The van der Waals surface area contributed by atoms with Gasteiger partial charge in [-0.3, -0.25) is 4.79 Å². The highest BCUT2D eigenvalue weighted by molar-refractivity contribution is 7.99. The van der Waals surface area contributed by atoms with E-state index in [1.54, 1.807) is 23.6 Å². The molecular weight excluding hydrogens is 295 g/mol. The van der Waals surface area contributed by atoms with Crippen LogP contribution in [0.15, 0.2) is 40.6 Å². The SMILES string of the molecule is N#Cc1ccsc1NC(=O)CCSc1ccc(F)cc1. The number of nitriles is 1. The lowest BCUT2D eigenvalue weighted by atomic mass is 10.3. The molecule has 0 aliphatic heterocycles. The Morgan fingerprint density at radius 1 is 1.35 bits per heavy atom. The maximum atomic E-state index is 12.7. The normalized spacial score (nSPS) is 10.0. The molecule has 1 aromatic heterocycles. The van der Waals surface area contributed by atoms with Crippen molar-refractivity contribution in [1.82, 2.24) is 0 Å². The van der Waals surface area contributed by atoms with Crippen LogP contribution in [0, 0.1) is 17.1 Å². The zero-order valence-electron chi connectivity index (χ0n) is 10.4. The van der Waals surface area contributed by atoms with E-state index in [4.69, 9.17) is 5.26 Å². The quantitative estimate of drug-likeness (QED) is 0.853. The lowest BCUT2D eigenvalue weighted by Crippen LogP contribution is -2.11. The lowest BCUT2D eigenvalue weighted by molar-refractivity contribution is -0.115. The summed E-state index contributed by atoms with van der Waals surface area (Å²) in [7, 11) is 0. The second-order valence-electron chi connectivity index (χ2n) is 3.88. The molecule has 1 aromatic carbocycles. The van der Waals surface area contributed by atoms with Crippen molar-refractivity contribution in [2.24, 2.45) is 0 Å². The summed E-state index contributed by atoms with van der Waals surface area (Å²) in [6.07, 6.45) is 0.338. The molecule has 0 radical (unpaired) electrons. The van der Waals surface area contributed by atoms with Crippen molar-refractivity contribution in [1.29, 1.82) is 5.26 Å². The minimum absolute atomic E-state index is 0.126. The van der Waals surface area contributed by atoms with Gasteiger partial charge in [0.2, 0.25) is 5.91 Å². The van der Waals surface area contributed by atoms with Gasteiger partial charge in [-0.1, -0.05) is 0 Å². The molecule has 3 nitrogen and oxygen atoms in total. The molecule has 0 fully saturated rings. The van der Waals surface area contributed by atoms with Crippen LogP contribution in [0.3, 0.4) is 0 Å². The van der Waals surface area contributed by atoms with Gasteiger partial charge in [0.15, 0.2) is 0 Å². The maximum absolute atomic E-state index is 12.7. The Bertz CT molecular complexity index is 631. The van der Waals surface area contributed by atoms with E-state index in [9.17, 15) is 9.18 Å². The minimum Gasteiger partial charge on any atom is -0.317 e. The van der Waals surface area contributed by atoms with Crippen molar-refractivity contribution in [2.45, 2.75) is 11.3 Å². The van der Waals surface area contributed by atoms with Gasteiger partial charge in [0, 0.05) is 17.1 Å². The van der Waals surface area contributed by atoms with Crippen molar-refractivity contribution in [3.05, 3.63) is 47.1 Å². The molecule has 0 saturated heterocycles. The molecule has 1 N–H and O–H groups in total. The van der Waals surface area contributed by atoms with Crippen LogP contribution >= 0.6 is 23.1 Å². The van der Waals surface area contributed by atoms with Gasteiger partial charge in [0.25, 0.3) is 0 Å². The summed E-state index contributed by atoms with van der Waals surface area (Å²) < 4.78 is 12.7. The number of amides is 1. The highest BCUT2D eigenvalue weighted by Gasteiger charge is 2.08. The van der Waals surface area contributed by atoms with Crippen LogP contribution in [0.5, 0.6) is 0 Å². The Labute approximate surface area is 124 Å². The van der Waals surface area contributed by atoms with Gasteiger partial charge in [-0.25, -0.2) is 4.39 Å². The zero-order chi connectivity index (χ0) is 14.4. The fraction of sp³-hybridized carbons (Fsp3) is 0.143. The Morgan fingerprint density at radius 2 is 2.10 bits per heavy atom. The first-order chi connectivity index (χ1) is 9.69. The molecule has 2 aromatic rings. The van der Waals surface area contributed by atoms with Gasteiger partial charge in [0.1, 0.15) is 16.9 Å². The summed E-state index contributed by atoms with van der Waals surface area (Å²) in [5, 5.41) is 13.9. The fourth-order valence-electron chi connectivity index (χ4n) is 1.48.